The lowest BCUT2D eigenvalue weighted by Crippen LogP contribution is -2.11. The summed E-state index contributed by atoms with van der Waals surface area (Å²) < 4.78 is 52.2. The van der Waals surface area contributed by atoms with E-state index < -0.39 is 17.6 Å². The molecule has 7 heteroatoms. The van der Waals surface area contributed by atoms with E-state index in [0.717, 1.165) is 12.1 Å². The Balaban J connectivity index is 2.34. The number of alkyl halides is 3. The van der Waals surface area contributed by atoms with Gasteiger partial charge in [0.05, 0.1) is 17.8 Å². The van der Waals surface area contributed by atoms with Crippen LogP contribution in [0.4, 0.5) is 23.4 Å². The summed E-state index contributed by atoms with van der Waals surface area (Å²) in [5.74, 6) is -0.948. The highest BCUT2D eigenvalue weighted by Crippen LogP contribution is 2.32. The van der Waals surface area contributed by atoms with Crippen LogP contribution in [0.3, 0.4) is 0 Å². The van der Waals surface area contributed by atoms with Crippen LogP contribution in [0.25, 0.3) is 0 Å². The van der Waals surface area contributed by atoms with Gasteiger partial charge in [-0.1, -0.05) is 6.07 Å². The number of halogens is 4. The van der Waals surface area contributed by atoms with Crippen molar-refractivity contribution in [3.63, 3.8) is 0 Å². The van der Waals surface area contributed by atoms with Crippen molar-refractivity contribution < 1.29 is 17.6 Å². The van der Waals surface area contributed by atoms with E-state index in [2.05, 4.69) is 5.10 Å². The minimum Gasteiger partial charge on any atom is -0.384 e. The number of aromatic nitrogens is 2. The second-order valence-corrected chi connectivity index (χ2v) is 4.18. The molecule has 0 fully saturated rings. The molecular formula is C12H11F4N3. The fourth-order valence-electron chi connectivity index (χ4n) is 1.75. The predicted molar refractivity (Wildman–Crippen MR) is 61.9 cm³/mol. The van der Waals surface area contributed by atoms with E-state index in [1.165, 1.54) is 10.7 Å². The first kappa shape index (κ1) is 13.4. The zero-order chi connectivity index (χ0) is 14.2. The van der Waals surface area contributed by atoms with Crippen molar-refractivity contribution in [3.05, 3.63) is 46.9 Å². The molecule has 0 unspecified atom stereocenters. The van der Waals surface area contributed by atoms with Crippen molar-refractivity contribution in [1.29, 1.82) is 0 Å². The normalized spacial score (nSPS) is 11.8. The van der Waals surface area contributed by atoms with E-state index in [1.54, 1.807) is 13.0 Å². The fraction of sp³-hybridized carbons (Fsp3) is 0.250. The lowest BCUT2D eigenvalue weighted by Gasteiger charge is -2.10. The molecule has 1 aromatic heterocycles. The van der Waals surface area contributed by atoms with Gasteiger partial charge < -0.3 is 5.73 Å². The molecule has 19 heavy (non-hydrogen) atoms. The minimum absolute atomic E-state index is 0.0586. The van der Waals surface area contributed by atoms with Crippen LogP contribution in [-0.4, -0.2) is 9.78 Å². The molecule has 1 heterocycles. The van der Waals surface area contributed by atoms with Crippen LogP contribution in [0.1, 0.15) is 16.8 Å². The summed E-state index contributed by atoms with van der Waals surface area (Å²) in [4.78, 5) is 0. The number of hydrogen-bond acceptors (Lipinski definition) is 2. The van der Waals surface area contributed by atoms with Gasteiger partial charge in [0.1, 0.15) is 11.6 Å². The van der Waals surface area contributed by atoms with E-state index in [1.807, 2.05) is 0 Å². The monoisotopic (exact) mass is 273 g/mol. The van der Waals surface area contributed by atoms with Gasteiger partial charge in [-0.25, -0.2) is 9.07 Å². The van der Waals surface area contributed by atoms with Gasteiger partial charge in [0, 0.05) is 6.07 Å². The van der Waals surface area contributed by atoms with Gasteiger partial charge in [-0.15, -0.1) is 0 Å². The van der Waals surface area contributed by atoms with Gasteiger partial charge in [0.15, 0.2) is 0 Å². The number of nitrogen functional groups attached to an aromatic ring is 1. The van der Waals surface area contributed by atoms with Crippen molar-refractivity contribution in [1.82, 2.24) is 9.78 Å². The molecule has 0 amide bonds. The Labute approximate surface area is 106 Å². The van der Waals surface area contributed by atoms with Crippen LogP contribution < -0.4 is 5.73 Å². The molecule has 2 N–H and O–H groups in total. The van der Waals surface area contributed by atoms with Crippen molar-refractivity contribution >= 4 is 5.82 Å². The summed E-state index contributed by atoms with van der Waals surface area (Å²) in [5.41, 5.74) is 5.31. The van der Waals surface area contributed by atoms with Crippen molar-refractivity contribution in [3.8, 4) is 0 Å². The highest BCUT2D eigenvalue weighted by Gasteiger charge is 2.34. The third kappa shape index (κ3) is 2.86. The van der Waals surface area contributed by atoms with E-state index >= 15 is 0 Å². The zero-order valence-electron chi connectivity index (χ0n) is 10.0. The van der Waals surface area contributed by atoms with Crippen LogP contribution >= 0.6 is 0 Å². The molecular weight excluding hydrogens is 262 g/mol. The molecule has 0 aliphatic carbocycles. The predicted octanol–water partition coefficient (Wildman–Crippen LogP) is 2.98. The standard InChI is InChI=1S/C12H11F4N3/c1-7-4-11(17)19(18-7)6-8-2-3-10(13)9(5-8)12(14,15)16/h2-5H,6,17H2,1H3. The van der Waals surface area contributed by atoms with Crippen LogP contribution in [0.2, 0.25) is 0 Å². The van der Waals surface area contributed by atoms with Gasteiger partial charge in [-0.2, -0.15) is 18.3 Å². The van der Waals surface area contributed by atoms with Gasteiger partial charge in [0.25, 0.3) is 0 Å². The third-order valence-corrected chi connectivity index (χ3v) is 2.60. The van der Waals surface area contributed by atoms with Crippen molar-refractivity contribution in [2.24, 2.45) is 0 Å². The third-order valence-electron chi connectivity index (χ3n) is 2.60. The zero-order valence-corrected chi connectivity index (χ0v) is 10.0. The fourth-order valence-corrected chi connectivity index (χ4v) is 1.75. The molecule has 2 aromatic rings. The topological polar surface area (TPSA) is 43.8 Å². The molecule has 0 saturated carbocycles. The average Bonchev–Trinajstić information content (AvgIpc) is 2.58. The Hall–Kier alpha value is -2.05. The number of aryl methyl sites for hydroxylation is 1. The van der Waals surface area contributed by atoms with Crippen LogP contribution in [0.5, 0.6) is 0 Å². The molecule has 3 nitrogen and oxygen atoms in total. The highest BCUT2D eigenvalue weighted by atomic mass is 19.4. The Bertz CT molecular complexity index is 602. The van der Waals surface area contributed by atoms with E-state index in [-0.39, 0.29) is 12.1 Å². The van der Waals surface area contributed by atoms with E-state index in [4.69, 9.17) is 5.73 Å². The molecule has 0 aliphatic rings. The molecule has 0 bridgehead atoms. The number of nitrogens with zero attached hydrogens (tertiary/aromatic N) is 2. The van der Waals surface area contributed by atoms with Gasteiger partial charge >= 0.3 is 6.18 Å². The lowest BCUT2D eigenvalue weighted by molar-refractivity contribution is -0.140. The van der Waals surface area contributed by atoms with E-state index in [9.17, 15) is 17.6 Å². The second-order valence-electron chi connectivity index (χ2n) is 4.18. The number of rotatable bonds is 2. The first-order chi connectivity index (χ1) is 8.77. The van der Waals surface area contributed by atoms with Crippen LogP contribution in [0.15, 0.2) is 24.3 Å². The number of anilines is 1. The largest absolute Gasteiger partial charge is 0.419 e. The number of benzene rings is 1. The molecule has 0 radical (unpaired) electrons. The molecule has 0 aliphatic heterocycles. The maximum Gasteiger partial charge on any atom is 0.419 e. The SMILES string of the molecule is Cc1cc(N)n(Cc2ccc(F)c(C(F)(F)F)c2)n1. The van der Waals surface area contributed by atoms with Gasteiger partial charge in [0.2, 0.25) is 0 Å². The summed E-state index contributed by atoms with van der Waals surface area (Å²) in [5, 5.41) is 4.04. The Morgan fingerprint density at radius 2 is 1.95 bits per heavy atom. The lowest BCUT2D eigenvalue weighted by atomic mass is 10.1. The Morgan fingerprint density at radius 1 is 1.26 bits per heavy atom. The summed E-state index contributed by atoms with van der Waals surface area (Å²) in [7, 11) is 0. The Morgan fingerprint density at radius 3 is 2.47 bits per heavy atom. The minimum atomic E-state index is -4.72. The first-order valence-corrected chi connectivity index (χ1v) is 5.43. The average molecular weight is 273 g/mol. The molecule has 0 atom stereocenters. The number of hydrogen-bond donors (Lipinski definition) is 1. The summed E-state index contributed by atoms with van der Waals surface area (Å²) in [6.07, 6.45) is -4.72. The molecule has 2 rings (SSSR count). The van der Waals surface area contributed by atoms with Gasteiger partial charge in [-0.05, 0) is 24.6 Å². The first-order valence-electron chi connectivity index (χ1n) is 5.43. The number of nitrogens with two attached hydrogens (primary N) is 1. The molecule has 0 saturated heterocycles. The summed E-state index contributed by atoms with van der Waals surface area (Å²) in [6.45, 7) is 1.78. The maximum absolute atomic E-state index is 13.1. The van der Waals surface area contributed by atoms with E-state index in [0.29, 0.717) is 11.5 Å². The highest BCUT2D eigenvalue weighted by molar-refractivity contribution is 5.33. The van der Waals surface area contributed by atoms with Crippen LogP contribution in [0, 0.1) is 12.7 Å². The summed E-state index contributed by atoms with van der Waals surface area (Å²) >= 11 is 0. The quantitative estimate of drug-likeness (QED) is 0.855. The maximum atomic E-state index is 13.1. The van der Waals surface area contributed by atoms with Gasteiger partial charge in [-0.3, -0.25) is 0 Å². The summed E-state index contributed by atoms with van der Waals surface area (Å²) in [6, 6.07) is 4.45. The van der Waals surface area contributed by atoms with Crippen molar-refractivity contribution in [2.75, 3.05) is 5.73 Å². The molecule has 102 valence electrons. The van der Waals surface area contributed by atoms with Crippen molar-refractivity contribution in [2.45, 2.75) is 19.6 Å². The smallest absolute Gasteiger partial charge is 0.384 e. The molecule has 1 aromatic carbocycles. The van der Waals surface area contributed by atoms with Crippen LogP contribution in [-0.2, 0) is 12.7 Å². The Kier molecular flexibility index (Phi) is 3.21. The second kappa shape index (κ2) is 4.56. The molecule has 0 spiro atoms.